The van der Waals surface area contributed by atoms with E-state index in [1.807, 2.05) is 0 Å². The lowest BCUT2D eigenvalue weighted by Gasteiger charge is -2.39. The Labute approximate surface area is 219 Å². The predicted octanol–water partition coefficient (Wildman–Crippen LogP) is 4.85. The number of rotatable bonds is 5. The molecule has 4 aromatic rings. The van der Waals surface area contributed by atoms with E-state index in [1.165, 1.54) is 19.4 Å². The third-order valence-corrected chi connectivity index (χ3v) is 6.59. The monoisotopic (exact) mass is 543 g/mol. The third kappa shape index (κ3) is 4.73. The molecule has 5 rings (SSSR count). The standard InChI is InChI=1S/C27H21F4N3O5/c1-34-19-13-16(6-5-15(19)12-20(34)25(36)37-2)24(35)33-26(9-11-38-22-4-3-10-32-23(22)26)17-7-8-21(18(28)14-17)39-27(29,30)31/h3-8,10,12-14H,9,11H2,1-2H3,(H,33,35)/t26-/m0/s1. The smallest absolute Gasteiger partial charge is 0.491 e. The zero-order chi connectivity index (χ0) is 27.9. The Morgan fingerprint density at radius 2 is 1.92 bits per heavy atom. The normalized spacial score (nSPS) is 16.8. The van der Waals surface area contributed by atoms with Crippen molar-refractivity contribution in [2.75, 3.05) is 13.7 Å². The van der Waals surface area contributed by atoms with Crippen LogP contribution in [0.15, 0.2) is 60.8 Å². The molecule has 0 radical (unpaired) electrons. The van der Waals surface area contributed by atoms with Crippen LogP contribution in [0.2, 0.25) is 0 Å². The molecule has 202 valence electrons. The van der Waals surface area contributed by atoms with Crippen molar-refractivity contribution >= 4 is 22.8 Å². The number of halogens is 4. The van der Waals surface area contributed by atoms with Crippen molar-refractivity contribution < 1.29 is 41.4 Å². The van der Waals surface area contributed by atoms with Gasteiger partial charge < -0.3 is 24.1 Å². The van der Waals surface area contributed by atoms with Gasteiger partial charge in [-0.3, -0.25) is 9.78 Å². The third-order valence-electron chi connectivity index (χ3n) is 6.59. The summed E-state index contributed by atoms with van der Waals surface area (Å²) in [5.41, 5.74) is 0.0774. The molecule has 1 amide bonds. The van der Waals surface area contributed by atoms with Crippen molar-refractivity contribution in [3.05, 3.63) is 89.1 Å². The second-order valence-electron chi connectivity index (χ2n) is 8.85. The van der Waals surface area contributed by atoms with Crippen molar-refractivity contribution in [3.8, 4) is 11.5 Å². The number of ether oxygens (including phenoxy) is 3. The van der Waals surface area contributed by atoms with E-state index in [9.17, 15) is 27.2 Å². The van der Waals surface area contributed by atoms with Crippen LogP contribution in [0.5, 0.6) is 11.5 Å². The summed E-state index contributed by atoms with van der Waals surface area (Å²) in [7, 11) is 2.92. The Bertz CT molecular complexity index is 1600. The molecule has 1 atom stereocenters. The lowest BCUT2D eigenvalue weighted by atomic mass is 9.81. The molecule has 0 aliphatic carbocycles. The summed E-state index contributed by atoms with van der Waals surface area (Å²) < 4.78 is 68.8. The topological polar surface area (TPSA) is 91.7 Å². The number of hydrogen-bond donors (Lipinski definition) is 1. The van der Waals surface area contributed by atoms with E-state index in [2.05, 4.69) is 15.0 Å². The van der Waals surface area contributed by atoms with Gasteiger partial charge in [0.05, 0.1) is 13.7 Å². The van der Waals surface area contributed by atoms with E-state index in [4.69, 9.17) is 9.47 Å². The molecule has 0 saturated carbocycles. The van der Waals surface area contributed by atoms with Gasteiger partial charge >= 0.3 is 12.3 Å². The minimum Gasteiger partial charge on any atom is -0.491 e. The molecule has 0 fully saturated rings. The van der Waals surface area contributed by atoms with Gasteiger partial charge in [-0.2, -0.15) is 0 Å². The van der Waals surface area contributed by atoms with Crippen molar-refractivity contribution in [1.82, 2.24) is 14.9 Å². The van der Waals surface area contributed by atoms with E-state index in [0.29, 0.717) is 22.3 Å². The summed E-state index contributed by atoms with van der Waals surface area (Å²) in [5.74, 6) is -3.03. The Morgan fingerprint density at radius 3 is 2.64 bits per heavy atom. The number of hydrogen-bond acceptors (Lipinski definition) is 6. The number of methoxy groups -OCH3 is 1. The summed E-state index contributed by atoms with van der Waals surface area (Å²) in [6.07, 6.45) is -3.50. The van der Waals surface area contributed by atoms with Gasteiger partial charge in [0.25, 0.3) is 5.91 Å². The van der Waals surface area contributed by atoms with Crippen LogP contribution in [0.4, 0.5) is 17.6 Å². The Hall–Kier alpha value is -4.61. The number of carbonyl (C=O) groups is 2. The molecular weight excluding hydrogens is 522 g/mol. The average molecular weight is 543 g/mol. The molecule has 1 aliphatic rings. The number of nitrogens with zero attached hydrogens (tertiary/aromatic N) is 2. The lowest BCUT2D eigenvalue weighted by Crippen LogP contribution is -2.50. The molecule has 8 nitrogen and oxygen atoms in total. The fourth-order valence-electron chi connectivity index (χ4n) is 4.75. The number of nitrogens with one attached hydrogen (secondary N) is 1. The number of fused-ring (bicyclic) bond motifs is 2. The molecule has 0 spiro atoms. The summed E-state index contributed by atoms with van der Waals surface area (Å²) in [5, 5.41) is 3.63. The molecule has 39 heavy (non-hydrogen) atoms. The minimum absolute atomic E-state index is 0.112. The number of benzene rings is 2. The zero-order valence-corrected chi connectivity index (χ0v) is 20.6. The summed E-state index contributed by atoms with van der Waals surface area (Å²) in [4.78, 5) is 30.1. The van der Waals surface area contributed by atoms with Crippen molar-refractivity contribution in [1.29, 1.82) is 0 Å². The van der Waals surface area contributed by atoms with Gasteiger partial charge in [-0.25, -0.2) is 9.18 Å². The van der Waals surface area contributed by atoms with Crippen LogP contribution in [-0.2, 0) is 17.3 Å². The maximum absolute atomic E-state index is 14.8. The highest BCUT2D eigenvalue weighted by Crippen LogP contribution is 2.42. The van der Waals surface area contributed by atoms with Crippen molar-refractivity contribution in [3.63, 3.8) is 0 Å². The first kappa shape index (κ1) is 26.0. The van der Waals surface area contributed by atoms with Gasteiger partial charge in [0.15, 0.2) is 11.6 Å². The van der Waals surface area contributed by atoms with Crippen LogP contribution >= 0.6 is 0 Å². The van der Waals surface area contributed by atoms with Crippen molar-refractivity contribution in [2.24, 2.45) is 7.05 Å². The van der Waals surface area contributed by atoms with E-state index < -0.39 is 35.3 Å². The van der Waals surface area contributed by atoms with Crippen molar-refractivity contribution in [2.45, 2.75) is 18.3 Å². The highest BCUT2D eigenvalue weighted by molar-refractivity contribution is 6.01. The first-order chi connectivity index (χ1) is 18.5. The number of carbonyl (C=O) groups excluding carboxylic acids is 2. The number of aryl methyl sites for hydroxylation is 1. The van der Waals surface area contributed by atoms with Crippen LogP contribution in [0.3, 0.4) is 0 Å². The van der Waals surface area contributed by atoms with E-state index in [1.54, 1.807) is 48.0 Å². The highest BCUT2D eigenvalue weighted by Gasteiger charge is 2.43. The maximum atomic E-state index is 14.8. The first-order valence-corrected chi connectivity index (χ1v) is 11.7. The molecular formula is C27H21F4N3O5. The second-order valence-corrected chi connectivity index (χ2v) is 8.85. The molecule has 0 saturated heterocycles. The first-order valence-electron chi connectivity index (χ1n) is 11.7. The molecule has 1 aliphatic heterocycles. The van der Waals surface area contributed by atoms with Crippen LogP contribution in [0.25, 0.3) is 10.9 Å². The summed E-state index contributed by atoms with van der Waals surface area (Å²) >= 11 is 0. The Kier molecular flexibility index (Phi) is 6.41. The van der Waals surface area contributed by atoms with Gasteiger partial charge in [0.1, 0.15) is 22.7 Å². The van der Waals surface area contributed by atoms with Gasteiger partial charge in [-0.15, -0.1) is 13.2 Å². The fraction of sp³-hybridized carbons (Fsp3) is 0.222. The molecule has 0 bridgehead atoms. The summed E-state index contributed by atoms with van der Waals surface area (Å²) in [6, 6.07) is 12.7. The van der Waals surface area contributed by atoms with E-state index in [0.717, 1.165) is 12.1 Å². The Morgan fingerprint density at radius 1 is 1.13 bits per heavy atom. The molecule has 2 aromatic carbocycles. The second kappa shape index (κ2) is 9.61. The average Bonchev–Trinajstić information content (AvgIpc) is 3.24. The number of aromatic nitrogens is 2. The zero-order valence-electron chi connectivity index (χ0n) is 20.6. The number of pyridine rings is 1. The van der Waals surface area contributed by atoms with Gasteiger partial charge in [0.2, 0.25) is 0 Å². The van der Waals surface area contributed by atoms with Crippen LogP contribution in [0, 0.1) is 5.82 Å². The molecule has 3 heterocycles. The molecule has 1 N–H and O–H groups in total. The molecule has 2 aromatic heterocycles. The Balaban J connectivity index is 1.58. The highest BCUT2D eigenvalue weighted by atomic mass is 19.4. The quantitative estimate of drug-likeness (QED) is 0.286. The molecule has 12 heteroatoms. The molecule has 0 unspecified atom stereocenters. The predicted molar refractivity (Wildman–Crippen MR) is 130 cm³/mol. The van der Waals surface area contributed by atoms with Gasteiger partial charge in [-0.1, -0.05) is 12.1 Å². The van der Waals surface area contributed by atoms with Crippen LogP contribution in [-0.4, -0.2) is 41.5 Å². The number of alkyl halides is 3. The maximum Gasteiger partial charge on any atom is 0.573 e. The van der Waals surface area contributed by atoms with E-state index in [-0.39, 0.29) is 29.8 Å². The fourth-order valence-corrected chi connectivity index (χ4v) is 4.75. The van der Waals surface area contributed by atoms with Gasteiger partial charge in [0, 0.05) is 36.1 Å². The largest absolute Gasteiger partial charge is 0.573 e. The number of amides is 1. The van der Waals surface area contributed by atoms with Gasteiger partial charge in [-0.05, 0) is 48.0 Å². The lowest BCUT2D eigenvalue weighted by molar-refractivity contribution is -0.275. The SMILES string of the molecule is COC(=O)c1cc2ccc(C(=O)N[C@]3(c4ccc(OC(F)(F)F)c(F)c4)CCOc4cccnc43)cc2n1C. The van der Waals surface area contributed by atoms with E-state index >= 15 is 0 Å². The summed E-state index contributed by atoms with van der Waals surface area (Å²) in [6.45, 7) is 0.112. The minimum atomic E-state index is -5.08. The van der Waals surface area contributed by atoms with Crippen LogP contribution in [0.1, 0.15) is 38.5 Å². The number of esters is 1. The van der Waals surface area contributed by atoms with Crippen LogP contribution < -0.4 is 14.8 Å².